The minimum absolute atomic E-state index is 0.0887. The molecule has 0 aliphatic carbocycles. The Bertz CT molecular complexity index is 479. The summed E-state index contributed by atoms with van der Waals surface area (Å²) in [6, 6.07) is 3.02. The van der Waals surface area contributed by atoms with Crippen LogP contribution in [0.1, 0.15) is 47.1 Å². The fraction of sp³-hybridized carbons (Fsp3) is 0.562. The lowest BCUT2D eigenvalue weighted by Gasteiger charge is -2.18. The molecule has 0 atom stereocenters. The Balaban J connectivity index is 0.000000885. The number of nitrogens with one attached hydrogen (secondary N) is 1. The van der Waals surface area contributed by atoms with Crippen LogP contribution in [0.3, 0.4) is 0 Å². The van der Waals surface area contributed by atoms with Gasteiger partial charge in [-0.25, -0.2) is 4.39 Å². The molecule has 5 heteroatoms. The summed E-state index contributed by atoms with van der Waals surface area (Å²) in [5.74, 6) is 0.108. The molecule has 0 unspecified atom stereocenters. The molecule has 0 saturated carbocycles. The minimum atomic E-state index is -0.577. The van der Waals surface area contributed by atoms with Crippen LogP contribution in [0, 0.1) is 17.2 Å². The molecule has 0 aliphatic heterocycles. The zero-order valence-electron chi connectivity index (χ0n) is 13.7. The molecular formula is C16H26ClFN2O. The number of amides is 1. The van der Waals surface area contributed by atoms with E-state index >= 15 is 0 Å². The van der Waals surface area contributed by atoms with E-state index in [4.69, 9.17) is 17.3 Å². The highest BCUT2D eigenvalue weighted by molar-refractivity contribution is 6.33. The summed E-state index contributed by atoms with van der Waals surface area (Å²) in [4.78, 5) is 11.6. The molecule has 0 aliphatic rings. The average molecular weight is 317 g/mol. The molecule has 1 rings (SSSR count). The summed E-state index contributed by atoms with van der Waals surface area (Å²) in [5.41, 5.74) is 5.18. The average Bonchev–Trinajstić information content (AvgIpc) is 2.33. The van der Waals surface area contributed by atoms with Gasteiger partial charge in [0.25, 0.3) is 0 Å². The number of carbonyl (C=O) groups is 1. The number of nitrogens with two attached hydrogens (primary N) is 1. The van der Waals surface area contributed by atoms with Crippen molar-refractivity contribution in [2.45, 2.75) is 48.1 Å². The molecule has 3 nitrogen and oxygen atoms in total. The second-order valence-corrected chi connectivity index (χ2v) is 7.01. The first kappa shape index (κ1) is 19.7. The molecule has 1 aromatic carbocycles. The first-order chi connectivity index (χ1) is 9.46. The molecular weight excluding hydrogens is 291 g/mol. The van der Waals surface area contributed by atoms with Gasteiger partial charge in [-0.3, -0.25) is 4.79 Å². The summed E-state index contributed by atoms with van der Waals surface area (Å²) in [5, 5.41) is 2.82. The van der Waals surface area contributed by atoms with Gasteiger partial charge in [-0.05, 0) is 12.0 Å². The molecule has 0 saturated heterocycles. The van der Waals surface area contributed by atoms with Gasteiger partial charge in [0, 0.05) is 17.5 Å². The van der Waals surface area contributed by atoms with Gasteiger partial charge in [0.2, 0.25) is 5.91 Å². The summed E-state index contributed by atoms with van der Waals surface area (Å²) < 4.78 is 13.6. The van der Waals surface area contributed by atoms with Crippen molar-refractivity contribution in [2.24, 2.45) is 11.3 Å². The number of hydrogen-bond donors (Lipinski definition) is 2. The third-order valence-corrected chi connectivity index (χ3v) is 2.66. The maximum Gasteiger partial charge on any atom is 0.225 e. The normalized spacial score (nSPS) is 10.9. The van der Waals surface area contributed by atoms with E-state index in [1.165, 1.54) is 12.1 Å². The largest absolute Gasteiger partial charge is 0.395 e. The number of hydrogen-bond acceptors (Lipinski definition) is 2. The first-order valence-electron chi connectivity index (χ1n) is 6.97. The fourth-order valence-electron chi connectivity index (χ4n) is 1.19. The Morgan fingerprint density at radius 2 is 1.81 bits per heavy atom. The second-order valence-electron chi connectivity index (χ2n) is 6.60. The van der Waals surface area contributed by atoms with E-state index < -0.39 is 11.2 Å². The van der Waals surface area contributed by atoms with E-state index in [0.29, 0.717) is 5.56 Å². The number of halogens is 2. The Hall–Kier alpha value is -1.29. The zero-order valence-corrected chi connectivity index (χ0v) is 14.4. The van der Waals surface area contributed by atoms with Crippen LogP contribution in [0.2, 0.25) is 5.02 Å². The van der Waals surface area contributed by atoms with E-state index in [1.807, 2.05) is 0 Å². The lowest BCUT2D eigenvalue weighted by atomic mass is 9.95. The highest BCUT2D eigenvalue weighted by atomic mass is 35.5. The summed E-state index contributed by atoms with van der Waals surface area (Å²) >= 11 is 5.67. The van der Waals surface area contributed by atoms with Crippen LogP contribution in [0.5, 0.6) is 0 Å². The van der Waals surface area contributed by atoms with E-state index in [0.717, 1.165) is 5.92 Å². The molecule has 0 spiro atoms. The van der Waals surface area contributed by atoms with Crippen LogP contribution in [0.15, 0.2) is 12.1 Å². The van der Waals surface area contributed by atoms with Gasteiger partial charge in [-0.1, -0.05) is 59.2 Å². The van der Waals surface area contributed by atoms with E-state index in [1.54, 1.807) is 20.8 Å². The third kappa shape index (κ3) is 7.32. The van der Waals surface area contributed by atoms with E-state index in [2.05, 4.69) is 26.1 Å². The number of anilines is 1. The number of benzene rings is 1. The van der Waals surface area contributed by atoms with E-state index in [9.17, 15) is 9.18 Å². The fourth-order valence-corrected chi connectivity index (χ4v) is 1.34. The maximum atomic E-state index is 13.6. The molecule has 0 heterocycles. The van der Waals surface area contributed by atoms with Gasteiger partial charge in [0.15, 0.2) is 5.82 Å². The molecule has 1 amide bonds. The summed E-state index contributed by atoms with van der Waals surface area (Å²) in [6.07, 6.45) is 0. The van der Waals surface area contributed by atoms with E-state index in [-0.39, 0.29) is 23.2 Å². The van der Waals surface area contributed by atoms with Crippen molar-refractivity contribution in [1.82, 2.24) is 5.32 Å². The van der Waals surface area contributed by atoms with Gasteiger partial charge >= 0.3 is 0 Å². The van der Waals surface area contributed by atoms with Gasteiger partial charge in [-0.15, -0.1) is 0 Å². The lowest BCUT2D eigenvalue weighted by Crippen LogP contribution is -2.34. The molecule has 1 aromatic rings. The zero-order chi connectivity index (χ0) is 16.8. The van der Waals surface area contributed by atoms with Gasteiger partial charge in [-0.2, -0.15) is 0 Å². The summed E-state index contributed by atoms with van der Waals surface area (Å²) in [7, 11) is 0. The van der Waals surface area contributed by atoms with Crippen LogP contribution < -0.4 is 11.1 Å². The smallest absolute Gasteiger partial charge is 0.225 e. The Morgan fingerprint density at radius 1 is 1.33 bits per heavy atom. The highest BCUT2D eigenvalue weighted by Crippen LogP contribution is 2.24. The minimum Gasteiger partial charge on any atom is -0.395 e. The van der Waals surface area contributed by atoms with Crippen LogP contribution in [-0.2, 0) is 11.3 Å². The number of nitrogen functional groups attached to an aromatic ring is 1. The van der Waals surface area contributed by atoms with Gasteiger partial charge < -0.3 is 11.1 Å². The van der Waals surface area contributed by atoms with Crippen molar-refractivity contribution >= 4 is 23.2 Å². The van der Waals surface area contributed by atoms with Crippen molar-refractivity contribution in [3.05, 3.63) is 28.5 Å². The highest BCUT2D eigenvalue weighted by Gasteiger charge is 2.21. The van der Waals surface area contributed by atoms with Gasteiger partial charge in [0.05, 0.1) is 10.7 Å². The monoisotopic (exact) mass is 316 g/mol. The van der Waals surface area contributed by atoms with Crippen LogP contribution in [0.4, 0.5) is 10.1 Å². The maximum absolute atomic E-state index is 13.6. The molecule has 0 fully saturated rings. The predicted molar refractivity (Wildman–Crippen MR) is 87.6 cm³/mol. The summed E-state index contributed by atoms with van der Waals surface area (Å²) in [6.45, 7) is 12.0. The van der Waals surface area contributed by atoms with Crippen LogP contribution in [-0.4, -0.2) is 5.91 Å². The molecule has 0 aromatic heterocycles. The molecule has 120 valence electrons. The molecule has 21 heavy (non-hydrogen) atoms. The lowest BCUT2D eigenvalue weighted by molar-refractivity contribution is -0.128. The van der Waals surface area contributed by atoms with Crippen LogP contribution >= 0.6 is 11.6 Å². The van der Waals surface area contributed by atoms with Crippen LogP contribution in [0.25, 0.3) is 0 Å². The van der Waals surface area contributed by atoms with Gasteiger partial charge in [0.1, 0.15) is 0 Å². The molecule has 0 radical (unpaired) electrons. The quantitative estimate of drug-likeness (QED) is 0.795. The number of carbonyl (C=O) groups excluding carboxylic acids is 1. The molecule has 0 bridgehead atoms. The predicted octanol–water partition coefficient (Wildman–Crippen LogP) is 4.39. The SMILES string of the molecule is CC(C)(C)C(=O)NCc1ccc(Cl)c(N)c1F.CC(C)C. The Labute approximate surface area is 132 Å². The van der Waals surface area contributed by atoms with Crippen molar-refractivity contribution in [1.29, 1.82) is 0 Å². The van der Waals surface area contributed by atoms with Crippen molar-refractivity contribution < 1.29 is 9.18 Å². The van der Waals surface area contributed by atoms with Crippen molar-refractivity contribution in [3.63, 3.8) is 0 Å². The first-order valence-corrected chi connectivity index (χ1v) is 7.35. The topological polar surface area (TPSA) is 55.1 Å². The van der Waals surface area contributed by atoms with Crippen molar-refractivity contribution in [2.75, 3.05) is 5.73 Å². The third-order valence-electron chi connectivity index (χ3n) is 2.33. The number of rotatable bonds is 2. The standard InChI is InChI=1S/C12H16ClFN2O.C4H10/c1-12(2,3)11(17)16-6-7-4-5-8(13)10(15)9(7)14;1-4(2)3/h4-5H,6,15H2,1-3H3,(H,16,17);4H,1-3H3. The Morgan fingerprint density at radius 3 is 2.24 bits per heavy atom. The second kappa shape index (κ2) is 8.23. The van der Waals surface area contributed by atoms with Crippen molar-refractivity contribution in [3.8, 4) is 0 Å². The molecule has 3 N–H and O–H groups in total. The Kier molecular flexibility index (Phi) is 7.72.